The van der Waals surface area contributed by atoms with Crippen molar-refractivity contribution < 1.29 is 17.9 Å². The number of nitrogens with one attached hydrogen (secondary N) is 1. The monoisotopic (exact) mass is 399 g/mol. The molecule has 0 bridgehead atoms. The Kier molecular flexibility index (Phi) is 4.95. The van der Waals surface area contributed by atoms with E-state index in [9.17, 15) is 8.42 Å². The molecular formula is C20H21N3O4S. The number of hydrogen-bond donors (Lipinski definition) is 1. The highest BCUT2D eigenvalue weighted by molar-refractivity contribution is 7.92. The molecule has 2 heterocycles. The number of hydrogen-bond acceptors (Lipinski definition) is 5. The molecule has 4 rings (SSSR count). The minimum atomic E-state index is -3.66. The number of aromatic nitrogens is 2. The van der Waals surface area contributed by atoms with Crippen molar-refractivity contribution in [2.45, 2.75) is 30.9 Å². The lowest BCUT2D eigenvalue weighted by Crippen LogP contribution is -2.33. The first-order valence-electron chi connectivity index (χ1n) is 9.06. The van der Waals surface area contributed by atoms with E-state index in [1.807, 2.05) is 43.3 Å². The number of sulfonamides is 1. The quantitative estimate of drug-likeness (QED) is 0.689. The van der Waals surface area contributed by atoms with Crippen LogP contribution in [0.3, 0.4) is 0 Å². The number of ether oxygens (including phenoxy) is 2. The minimum absolute atomic E-state index is 0.208. The highest BCUT2D eigenvalue weighted by Gasteiger charge is 2.22. The summed E-state index contributed by atoms with van der Waals surface area (Å²) in [6.45, 7) is 2.87. The molecule has 0 saturated heterocycles. The van der Waals surface area contributed by atoms with Gasteiger partial charge in [-0.2, -0.15) is 5.10 Å². The first-order chi connectivity index (χ1) is 13.5. The third-order valence-electron chi connectivity index (χ3n) is 4.49. The Labute approximate surface area is 164 Å². The van der Waals surface area contributed by atoms with Crippen LogP contribution in [0.5, 0.6) is 11.5 Å². The van der Waals surface area contributed by atoms with Crippen molar-refractivity contribution in [3.8, 4) is 11.5 Å². The summed E-state index contributed by atoms with van der Waals surface area (Å²) in [4.78, 5) is 0.220. The molecule has 146 valence electrons. The molecule has 28 heavy (non-hydrogen) atoms. The van der Waals surface area contributed by atoms with E-state index in [1.54, 1.807) is 23.0 Å². The zero-order valence-electron chi connectivity index (χ0n) is 15.4. The molecule has 1 aromatic heterocycles. The van der Waals surface area contributed by atoms with Crippen LogP contribution in [0, 0.1) is 0 Å². The summed E-state index contributed by atoms with van der Waals surface area (Å²) in [6.07, 6.45) is 3.77. The van der Waals surface area contributed by atoms with Crippen molar-refractivity contribution >= 4 is 15.7 Å². The average molecular weight is 399 g/mol. The maximum atomic E-state index is 12.5. The molecule has 0 spiro atoms. The second kappa shape index (κ2) is 7.55. The maximum absolute atomic E-state index is 12.5. The van der Waals surface area contributed by atoms with Gasteiger partial charge in [-0.3, -0.25) is 9.40 Å². The van der Waals surface area contributed by atoms with Gasteiger partial charge < -0.3 is 9.47 Å². The van der Waals surface area contributed by atoms with Crippen LogP contribution < -0.4 is 14.2 Å². The standard InChI is InChI=1S/C20H21N3O4S/c1-2-15-7-9-18(10-8-15)28(24,25)22-16-11-21-23(12-16)13-17-14-26-19-5-3-4-6-20(19)27-17/h3-12,17,22H,2,13-14H2,1H3. The van der Waals surface area contributed by atoms with Gasteiger partial charge in [0.05, 0.1) is 23.3 Å². The van der Waals surface area contributed by atoms with Gasteiger partial charge in [-0.15, -0.1) is 0 Å². The summed E-state index contributed by atoms with van der Waals surface area (Å²) in [7, 11) is -3.66. The second-order valence-electron chi connectivity index (χ2n) is 6.55. The largest absolute Gasteiger partial charge is 0.486 e. The van der Waals surface area contributed by atoms with E-state index in [1.165, 1.54) is 6.20 Å². The maximum Gasteiger partial charge on any atom is 0.261 e. The van der Waals surface area contributed by atoms with Crippen molar-refractivity contribution in [1.29, 1.82) is 0 Å². The predicted octanol–water partition coefficient (Wildman–Crippen LogP) is 3.09. The van der Waals surface area contributed by atoms with E-state index in [0.717, 1.165) is 17.7 Å². The van der Waals surface area contributed by atoms with Gasteiger partial charge in [-0.25, -0.2) is 8.42 Å². The zero-order chi connectivity index (χ0) is 19.6. The van der Waals surface area contributed by atoms with Gasteiger partial charge in [0.2, 0.25) is 0 Å². The Morgan fingerprint density at radius 1 is 1.14 bits per heavy atom. The number of aryl methyl sites for hydroxylation is 1. The molecule has 8 heteroatoms. The lowest BCUT2D eigenvalue weighted by atomic mass is 10.2. The molecule has 2 aromatic carbocycles. The molecule has 0 aliphatic carbocycles. The van der Waals surface area contributed by atoms with Crippen LogP contribution in [0.1, 0.15) is 12.5 Å². The summed E-state index contributed by atoms with van der Waals surface area (Å²) >= 11 is 0. The van der Waals surface area contributed by atoms with Crippen LogP contribution >= 0.6 is 0 Å². The first kappa shape index (κ1) is 18.4. The van der Waals surface area contributed by atoms with Gasteiger partial charge in [-0.05, 0) is 36.2 Å². The summed E-state index contributed by atoms with van der Waals surface area (Å²) in [5.41, 5.74) is 1.49. The van der Waals surface area contributed by atoms with Crippen LogP contribution in [0.25, 0.3) is 0 Å². The fraction of sp³-hybridized carbons (Fsp3) is 0.250. The van der Waals surface area contributed by atoms with Crippen LogP contribution in [-0.2, 0) is 23.0 Å². The van der Waals surface area contributed by atoms with Crippen LogP contribution in [0.2, 0.25) is 0 Å². The van der Waals surface area contributed by atoms with Crippen molar-refractivity contribution in [1.82, 2.24) is 9.78 Å². The van der Waals surface area contributed by atoms with Crippen LogP contribution in [0.15, 0.2) is 65.8 Å². The number of nitrogens with zero attached hydrogens (tertiary/aromatic N) is 2. The van der Waals surface area contributed by atoms with Gasteiger partial charge in [0.25, 0.3) is 10.0 Å². The van der Waals surface area contributed by atoms with Crippen molar-refractivity contribution in [3.05, 3.63) is 66.5 Å². The normalized spacial score (nSPS) is 16.0. The van der Waals surface area contributed by atoms with E-state index in [2.05, 4.69) is 9.82 Å². The molecule has 1 aliphatic heterocycles. The van der Waals surface area contributed by atoms with Gasteiger partial charge in [-0.1, -0.05) is 31.2 Å². The molecule has 1 atom stereocenters. The fourth-order valence-corrected chi connectivity index (χ4v) is 4.02. The van der Waals surface area contributed by atoms with Crippen LogP contribution in [0.4, 0.5) is 5.69 Å². The van der Waals surface area contributed by atoms with Gasteiger partial charge >= 0.3 is 0 Å². The summed E-state index contributed by atoms with van der Waals surface area (Å²) in [6, 6.07) is 14.3. The topological polar surface area (TPSA) is 82.5 Å². The second-order valence-corrected chi connectivity index (χ2v) is 8.23. The Morgan fingerprint density at radius 2 is 1.89 bits per heavy atom. The fourth-order valence-electron chi connectivity index (χ4n) is 3.00. The Balaban J connectivity index is 1.41. The number of anilines is 1. The lowest BCUT2D eigenvalue weighted by molar-refractivity contribution is 0.0759. The van der Waals surface area contributed by atoms with E-state index < -0.39 is 10.0 Å². The number of para-hydroxylation sites is 2. The van der Waals surface area contributed by atoms with Gasteiger partial charge in [0.15, 0.2) is 17.6 Å². The SMILES string of the molecule is CCc1ccc(S(=O)(=O)Nc2cnn(CC3COc4ccccc4O3)c2)cc1. The first-order valence-corrected chi connectivity index (χ1v) is 10.5. The molecule has 0 radical (unpaired) electrons. The van der Waals surface area contributed by atoms with E-state index in [4.69, 9.17) is 9.47 Å². The Bertz CT molecular complexity index is 1060. The minimum Gasteiger partial charge on any atom is -0.486 e. The molecule has 0 amide bonds. The third-order valence-corrected chi connectivity index (χ3v) is 5.88. The predicted molar refractivity (Wildman–Crippen MR) is 105 cm³/mol. The lowest BCUT2D eigenvalue weighted by Gasteiger charge is -2.26. The van der Waals surface area contributed by atoms with Crippen molar-refractivity contribution in [3.63, 3.8) is 0 Å². The Hall–Kier alpha value is -3.00. The van der Waals surface area contributed by atoms with Crippen molar-refractivity contribution in [2.24, 2.45) is 0 Å². The zero-order valence-corrected chi connectivity index (χ0v) is 16.2. The Morgan fingerprint density at radius 3 is 2.64 bits per heavy atom. The van der Waals surface area contributed by atoms with Gasteiger partial charge in [0.1, 0.15) is 6.61 Å². The van der Waals surface area contributed by atoms with Crippen molar-refractivity contribution in [2.75, 3.05) is 11.3 Å². The summed E-state index contributed by atoms with van der Waals surface area (Å²) < 4.78 is 40.9. The van der Waals surface area contributed by atoms with E-state index in [-0.39, 0.29) is 11.0 Å². The van der Waals surface area contributed by atoms with E-state index >= 15 is 0 Å². The summed E-state index contributed by atoms with van der Waals surface area (Å²) in [5, 5.41) is 4.23. The molecule has 1 N–H and O–H groups in total. The van der Waals surface area contributed by atoms with Gasteiger partial charge in [0, 0.05) is 6.20 Å². The number of rotatable bonds is 6. The molecule has 1 aliphatic rings. The number of fused-ring (bicyclic) bond motifs is 1. The van der Waals surface area contributed by atoms with E-state index in [0.29, 0.717) is 24.6 Å². The molecule has 0 saturated carbocycles. The number of benzene rings is 2. The average Bonchev–Trinajstić information content (AvgIpc) is 3.14. The molecule has 1 unspecified atom stereocenters. The molecule has 0 fully saturated rings. The third kappa shape index (κ3) is 3.96. The summed E-state index contributed by atoms with van der Waals surface area (Å²) in [5.74, 6) is 1.42. The molecular weight excluding hydrogens is 378 g/mol. The smallest absolute Gasteiger partial charge is 0.261 e. The van der Waals surface area contributed by atoms with Crippen LogP contribution in [-0.4, -0.2) is 30.9 Å². The highest BCUT2D eigenvalue weighted by atomic mass is 32.2. The molecule has 3 aromatic rings. The molecule has 7 nitrogen and oxygen atoms in total. The highest BCUT2D eigenvalue weighted by Crippen LogP contribution is 2.31.